The number of carbonyl (C=O) groups is 1. The molecule has 84 valence electrons. The zero-order valence-corrected chi connectivity index (χ0v) is 9.28. The molecule has 0 aliphatic heterocycles. The fraction of sp³-hybridized carbons (Fsp3) is 0.385. The summed E-state index contributed by atoms with van der Waals surface area (Å²) >= 11 is 0. The molecule has 0 radical (unpaired) electrons. The first-order chi connectivity index (χ1) is 7.84. The fourth-order valence-corrected chi connectivity index (χ4v) is 1.86. The topological polar surface area (TPSA) is 41.5 Å². The summed E-state index contributed by atoms with van der Waals surface area (Å²) in [5.74, 6) is -0.0365. The van der Waals surface area contributed by atoms with Gasteiger partial charge in [-0.2, -0.15) is 5.10 Å². The van der Waals surface area contributed by atoms with Crippen molar-refractivity contribution in [3.63, 3.8) is 0 Å². The van der Waals surface area contributed by atoms with E-state index in [4.69, 9.17) is 0 Å². The van der Waals surface area contributed by atoms with Gasteiger partial charge in [0.1, 0.15) is 0 Å². The molecule has 0 spiro atoms. The molecule has 0 saturated heterocycles. The number of nitrogens with one attached hydrogen (secondary N) is 1. The molecule has 0 atom stereocenters. The maximum Gasteiger partial charge on any atom is 0.244 e. The molecule has 3 nitrogen and oxygen atoms in total. The van der Waals surface area contributed by atoms with Gasteiger partial charge in [-0.25, -0.2) is 5.43 Å². The van der Waals surface area contributed by atoms with Gasteiger partial charge in [0.05, 0.1) is 6.42 Å². The summed E-state index contributed by atoms with van der Waals surface area (Å²) in [5.41, 5.74) is 4.77. The van der Waals surface area contributed by atoms with Crippen LogP contribution in [0.1, 0.15) is 31.2 Å². The number of amides is 1. The van der Waals surface area contributed by atoms with Crippen LogP contribution in [-0.2, 0) is 11.2 Å². The third-order valence-electron chi connectivity index (χ3n) is 2.73. The molecular weight excluding hydrogens is 200 g/mol. The molecule has 3 heteroatoms. The lowest BCUT2D eigenvalue weighted by Gasteiger charge is -2.01. The molecule has 1 aliphatic carbocycles. The molecule has 1 amide bonds. The van der Waals surface area contributed by atoms with Gasteiger partial charge in [0.15, 0.2) is 0 Å². The van der Waals surface area contributed by atoms with Crippen LogP contribution >= 0.6 is 0 Å². The minimum absolute atomic E-state index is 0.0365. The lowest BCUT2D eigenvalue weighted by atomic mass is 10.1. The fourth-order valence-electron chi connectivity index (χ4n) is 1.86. The molecule has 1 fully saturated rings. The van der Waals surface area contributed by atoms with Gasteiger partial charge in [-0.15, -0.1) is 0 Å². The molecule has 2 rings (SSSR count). The van der Waals surface area contributed by atoms with Gasteiger partial charge < -0.3 is 0 Å². The maximum absolute atomic E-state index is 11.6. The van der Waals surface area contributed by atoms with Crippen LogP contribution in [0.4, 0.5) is 0 Å². The Kier molecular flexibility index (Phi) is 3.70. The van der Waals surface area contributed by atoms with E-state index in [1.807, 2.05) is 30.3 Å². The average Bonchev–Trinajstić information content (AvgIpc) is 2.81. The van der Waals surface area contributed by atoms with Gasteiger partial charge in [-0.1, -0.05) is 30.3 Å². The summed E-state index contributed by atoms with van der Waals surface area (Å²) in [5, 5.41) is 4.14. The number of hydrogen-bond acceptors (Lipinski definition) is 2. The Hall–Kier alpha value is -1.64. The van der Waals surface area contributed by atoms with Gasteiger partial charge >= 0.3 is 0 Å². The van der Waals surface area contributed by atoms with E-state index in [0.717, 1.165) is 24.1 Å². The third-order valence-corrected chi connectivity index (χ3v) is 2.73. The Morgan fingerprint density at radius 3 is 2.56 bits per heavy atom. The Bertz CT molecular complexity index is 376. The highest BCUT2D eigenvalue weighted by Gasteiger charge is 2.08. The van der Waals surface area contributed by atoms with Crippen molar-refractivity contribution in [1.29, 1.82) is 0 Å². The normalized spacial score (nSPS) is 14.9. The van der Waals surface area contributed by atoms with Crippen molar-refractivity contribution < 1.29 is 4.79 Å². The van der Waals surface area contributed by atoms with E-state index in [1.165, 1.54) is 12.8 Å². The molecule has 0 unspecified atom stereocenters. The van der Waals surface area contributed by atoms with Crippen molar-refractivity contribution in [2.24, 2.45) is 5.10 Å². The number of hydrazone groups is 1. The quantitative estimate of drug-likeness (QED) is 0.774. The van der Waals surface area contributed by atoms with E-state index in [1.54, 1.807) is 0 Å². The number of carbonyl (C=O) groups excluding carboxylic acids is 1. The third kappa shape index (κ3) is 3.19. The molecule has 1 N–H and O–H groups in total. The van der Waals surface area contributed by atoms with Crippen molar-refractivity contribution >= 4 is 11.6 Å². The van der Waals surface area contributed by atoms with Crippen LogP contribution in [0.3, 0.4) is 0 Å². The Morgan fingerprint density at radius 2 is 1.88 bits per heavy atom. The summed E-state index contributed by atoms with van der Waals surface area (Å²) in [6.45, 7) is 0. The summed E-state index contributed by atoms with van der Waals surface area (Å²) in [6, 6.07) is 9.71. The van der Waals surface area contributed by atoms with E-state index < -0.39 is 0 Å². The van der Waals surface area contributed by atoms with E-state index >= 15 is 0 Å². The Morgan fingerprint density at radius 1 is 1.19 bits per heavy atom. The highest BCUT2D eigenvalue weighted by atomic mass is 16.2. The summed E-state index contributed by atoms with van der Waals surface area (Å²) in [7, 11) is 0. The lowest BCUT2D eigenvalue weighted by molar-refractivity contribution is -0.120. The van der Waals surface area contributed by atoms with Gasteiger partial charge in [-0.05, 0) is 31.2 Å². The predicted molar refractivity (Wildman–Crippen MR) is 64.2 cm³/mol. The SMILES string of the molecule is O=C(Cc1ccccc1)NN=C1CCCC1. The van der Waals surface area contributed by atoms with Gasteiger partial charge in [-0.3, -0.25) is 4.79 Å². The van der Waals surface area contributed by atoms with E-state index in [0.29, 0.717) is 6.42 Å². The molecule has 1 aromatic rings. The van der Waals surface area contributed by atoms with Crippen molar-refractivity contribution in [3.8, 4) is 0 Å². The van der Waals surface area contributed by atoms with E-state index in [2.05, 4.69) is 10.5 Å². The smallest absolute Gasteiger partial charge is 0.244 e. The van der Waals surface area contributed by atoms with Crippen molar-refractivity contribution in [2.45, 2.75) is 32.1 Å². The number of hydrogen-bond donors (Lipinski definition) is 1. The van der Waals surface area contributed by atoms with E-state index in [-0.39, 0.29) is 5.91 Å². The largest absolute Gasteiger partial charge is 0.273 e. The molecule has 0 aromatic heterocycles. The van der Waals surface area contributed by atoms with Crippen molar-refractivity contribution in [3.05, 3.63) is 35.9 Å². The Labute approximate surface area is 95.6 Å². The molecular formula is C13H16N2O. The highest BCUT2D eigenvalue weighted by molar-refractivity contribution is 5.88. The highest BCUT2D eigenvalue weighted by Crippen LogP contribution is 2.13. The second kappa shape index (κ2) is 5.45. The molecule has 1 aromatic carbocycles. The average molecular weight is 216 g/mol. The van der Waals surface area contributed by atoms with Crippen LogP contribution in [0, 0.1) is 0 Å². The van der Waals surface area contributed by atoms with Crippen LogP contribution in [0.2, 0.25) is 0 Å². The van der Waals surface area contributed by atoms with Crippen molar-refractivity contribution in [2.75, 3.05) is 0 Å². The van der Waals surface area contributed by atoms with Crippen LogP contribution in [0.25, 0.3) is 0 Å². The molecule has 0 bridgehead atoms. The second-order valence-electron chi connectivity index (χ2n) is 4.08. The zero-order chi connectivity index (χ0) is 11.2. The van der Waals surface area contributed by atoms with Crippen LogP contribution in [0.5, 0.6) is 0 Å². The standard InChI is InChI=1S/C13H16N2O/c16-13(10-11-6-2-1-3-7-11)15-14-12-8-4-5-9-12/h1-3,6-7H,4-5,8-10H2,(H,15,16). The predicted octanol–water partition coefficient (Wildman–Crippen LogP) is 2.28. The lowest BCUT2D eigenvalue weighted by Crippen LogP contribution is -2.20. The number of benzene rings is 1. The maximum atomic E-state index is 11.6. The summed E-state index contributed by atoms with van der Waals surface area (Å²) < 4.78 is 0. The minimum Gasteiger partial charge on any atom is -0.273 e. The van der Waals surface area contributed by atoms with Crippen LogP contribution in [-0.4, -0.2) is 11.6 Å². The number of nitrogens with zero attached hydrogens (tertiary/aromatic N) is 1. The van der Waals surface area contributed by atoms with Gasteiger partial charge in [0.2, 0.25) is 5.91 Å². The number of rotatable bonds is 3. The minimum atomic E-state index is -0.0365. The van der Waals surface area contributed by atoms with Gasteiger partial charge in [0, 0.05) is 5.71 Å². The Balaban J connectivity index is 1.82. The monoisotopic (exact) mass is 216 g/mol. The van der Waals surface area contributed by atoms with Crippen LogP contribution < -0.4 is 5.43 Å². The zero-order valence-electron chi connectivity index (χ0n) is 9.28. The van der Waals surface area contributed by atoms with E-state index in [9.17, 15) is 4.79 Å². The molecule has 0 heterocycles. The second-order valence-corrected chi connectivity index (χ2v) is 4.08. The first-order valence-electron chi connectivity index (χ1n) is 5.73. The first kappa shape index (κ1) is 10.9. The van der Waals surface area contributed by atoms with Gasteiger partial charge in [0.25, 0.3) is 0 Å². The first-order valence-corrected chi connectivity index (χ1v) is 5.73. The van der Waals surface area contributed by atoms with Crippen molar-refractivity contribution in [1.82, 2.24) is 5.43 Å². The molecule has 16 heavy (non-hydrogen) atoms. The summed E-state index contributed by atoms with van der Waals surface area (Å²) in [4.78, 5) is 11.6. The van der Waals surface area contributed by atoms with Crippen LogP contribution in [0.15, 0.2) is 35.4 Å². The summed E-state index contributed by atoms with van der Waals surface area (Å²) in [6.07, 6.45) is 4.87. The molecule has 1 saturated carbocycles. The molecule has 1 aliphatic rings.